The van der Waals surface area contributed by atoms with Crippen molar-refractivity contribution in [3.8, 4) is 5.75 Å². The maximum absolute atomic E-state index is 5.74. The minimum Gasteiger partial charge on any atom is -0.493 e. The van der Waals surface area contributed by atoms with E-state index in [9.17, 15) is 0 Å². The van der Waals surface area contributed by atoms with Crippen molar-refractivity contribution in [2.45, 2.75) is 12.5 Å². The molecule has 2 heterocycles. The SMILES string of the molecule is Brc1ccc2c(c1)C(Nc1cccc3cn[nH]c13)CCO2. The Balaban J connectivity index is 1.73. The number of ether oxygens (including phenoxy) is 1. The van der Waals surface area contributed by atoms with E-state index in [2.05, 4.69) is 49.6 Å². The highest BCUT2D eigenvalue weighted by molar-refractivity contribution is 9.10. The summed E-state index contributed by atoms with van der Waals surface area (Å²) in [4.78, 5) is 0. The van der Waals surface area contributed by atoms with Gasteiger partial charge >= 0.3 is 0 Å². The van der Waals surface area contributed by atoms with E-state index >= 15 is 0 Å². The van der Waals surface area contributed by atoms with Gasteiger partial charge in [-0.25, -0.2) is 0 Å². The first kappa shape index (κ1) is 12.7. The summed E-state index contributed by atoms with van der Waals surface area (Å²) in [5.41, 5.74) is 3.30. The predicted octanol–water partition coefficient (Wildman–Crippen LogP) is 4.26. The molecule has 1 aromatic heterocycles. The lowest BCUT2D eigenvalue weighted by Crippen LogP contribution is -2.20. The van der Waals surface area contributed by atoms with Crippen molar-refractivity contribution < 1.29 is 4.74 Å². The third-order valence-electron chi connectivity index (χ3n) is 3.82. The molecule has 5 heteroatoms. The molecule has 4 rings (SSSR count). The van der Waals surface area contributed by atoms with E-state index in [1.807, 2.05) is 24.4 Å². The predicted molar refractivity (Wildman–Crippen MR) is 86.7 cm³/mol. The number of para-hydroxylation sites is 1. The number of aromatic nitrogens is 2. The van der Waals surface area contributed by atoms with E-state index in [4.69, 9.17) is 4.74 Å². The van der Waals surface area contributed by atoms with Crippen LogP contribution in [0.1, 0.15) is 18.0 Å². The lowest BCUT2D eigenvalue weighted by atomic mass is 10.00. The van der Waals surface area contributed by atoms with Crippen LogP contribution in [0.4, 0.5) is 5.69 Å². The first-order valence-corrected chi connectivity index (χ1v) is 7.71. The summed E-state index contributed by atoms with van der Waals surface area (Å²) in [6.07, 6.45) is 2.78. The summed E-state index contributed by atoms with van der Waals surface area (Å²) in [5.74, 6) is 0.957. The Morgan fingerprint density at radius 1 is 1.29 bits per heavy atom. The van der Waals surface area contributed by atoms with Crippen LogP contribution in [0.15, 0.2) is 47.1 Å². The standard InChI is InChI=1S/C16H14BrN3O/c17-11-4-5-15-12(8-11)13(6-7-21-15)19-14-3-1-2-10-9-18-20-16(10)14/h1-5,8-9,13,19H,6-7H2,(H,18,20). The van der Waals surface area contributed by atoms with Gasteiger partial charge in [0.15, 0.2) is 0 Å². The van der Waals surface area contributed by atoms with E-state index < -0.39 is 0 Å². The van der Waals surface area contributed by atoms with Gasteiger partial charge in [0.2, 0.25) is 0 Å². The fourth-order valence-electron chi connectivity index (χ4n) is 2.79. The monoisotopic (exact) mass is 343 g/mol. The third kappa shape index (κ3) is 2.27. The van der Waals surface area contributed by atoms with Crippen molar-refractivity contribution >= 4 is 32.5 Å². The van der Waals surface area contributed by atoms with Gasteiger partial charge < -0.3 is 10.1 Å². The Bertz CT molecular complexity index is 799. The van der Waals surface area contributed by atoms with Crippen LogP contribution in [0, 0.1) is 0 Å². The Morgan fingerprint density at radius 2 is 2.24 bits per heavy atom. The smallest absolute Gasteiger partial charge is 0.124 e. The second kappa shape index (κ2) is 5.07. The lowest BCUT2D eigenvalue weighted by molar-refractivity contribution is 0.274. The summed E-state index contributed by atoms with van der Waals surface area (Å²) in [6, 6.07) is 12.6. The minimum atomic E-state index is 0.236. The van der Waals surface area contributed by atoms with Crippen LogP contribution in [-0.2, 0) is 0 Å². The van der Waals surface area contributed by atoms with Gasteiger partial charge in [-0.15, -0.1) is 0 Å². The van der Waals surface area contributed by atoms with Gasteiger partial charge in [0.1, 0.15) is 5.75 Å². The van der Waals surface area contributed by atoms with Crippen molar-refractivity contribution in [3.63, 3.8) is 0 Å². The molecule has 4 nitrogen and oxygen atoms in total. The van der Waals surface area contributed by atoms with Crippen LogP contribution in [0.25, 0.3) is 10.9 Å². The number of hydrogen-bond acceptors (Lipinski definition) is 3. The summed E-state index contributed by atoms with van der Waals surface area (Å²) >= 11 is 3.54. The van der Waals surface area contributed by atoms with Gasteiger partial charge in [-0.2, -0.15) is 5.10 Å². The average molecular weight is 344 g/mol. The molecule has 106 valence electrons. The normalized spacial score (nSPS) is 17.3. The fourth-order valence-corrected chi connectivity index (χ4v) is 3.17. The molecule has 1 aliphatic heterocycles. The molecule has 1 unspecified atom stereocenters. The number of H-pyrrole nitrogens is 1. The Labute approximate surface area is 130 Å². The summed E-state index contributed by atoms with van der Waals surface area (Å²) in [7, 11) is 0. The maximum atomic E-state index is 5.74. The summed E-state index contributed by atoms with van der Waals surface area (Å²) < 4.78 is 6.81. The highest BCUT2D eigenvalue weighted by Gasteiger charge is 2.22. The van der Waals surface area contributed by atoms with Crippen molar-refractivity contribution in [1.29, 1.82) is 0 Å². The number of hydrogen-bond donors (Lipinski definition) is 2. The first-order valence-electron chi connectivity index (χ1n) is 6.92. The second-order valence-corrected chi connectivity index (χ2v) is 6.07. The summed E-state index contributed by atoms with van der Waals surface area (Å²) in [6.45, 7) is 0.727. The molecular weight excluding hydrogens is 330 g/mol. The highest BCUT2D eigenvalue weighted by atomic mass is 79.9. The fraction of sp³-hybridized carbons (Fsp3) is 0.188. The molecule has 0 saturated carbocycles. The Morgan fingerprint density at radius 3 is 3.19 bits per heavy atom. The first-order chi connectivity index (χ1) is 10.3. The van der Waals surface area contributed by atoms with Crippen LogP contribution in [-0.4, -0.2) is 16.8 Å². The Kier molecular flexibility index (Phi) is 3.07. The summed E-state index contributed by atoms with van der Waals surface area (Å²) in [5, 5.41) is 11.9. The van der Waals surface area contributed by atoms with Crippen molar-refractivity contribution in [2.75, 3.05) is 11.9 Å². The largest absolute Gasteiger partial charge is 0.493 e. The van der Waals surface area contributed by atoms with E-state index in [1.54, 1.807) is 0 Å². The zero-order chi connectivity index (χ0) is 14.2. The molecule has 1 atom stereocenters. The van der Waals surface area contributed by atoms with Gasteiger partial charge in [0, 0.05) is 21.8 Å². The molecule has 0 fully saturated rings. The molecule has 0 amide bonds. The Hall–Kier alpha value is -2.01. The minimum absolute atomic E-state index is 0.236. The number of benzene rings is 2. The average Bonchev–Trinajstić information content (AvgIpc) is 2.97. The van der Waals surface area contributed by atoms with Crippen molar-refractivity contribution in [1.82, 2.24) is 10.2 Å². The molecule has 0 aliphatic carbocycles. The zero-order valence-corrected chi connectivity index (χ0v) is 12.9. The second-order valence-electron chi connectivity index (χ2n) is 5.16. The molecule has 21 heavy (non-hydrogen) atoms. The van der Waals surface area contributed by atoms with Gasteiger partial charge in [0.25, 0.3) is 0 Å². The molecule has 0 bridgehead atoms. The van der Waals surface area contributed by atoms with Gasteiger partial charge in [0.05, 0.1) is 30.0 Å². The molecule has 1 aliphatic rings. The maximum Gasteiger partial charge on any atom is 0.124 e. The van der Waals surface area contributed by atoms with Crippen LogP contribution in [0.5, 0.6) is 5.75 Å². The number of nitrogens with one attached hydrogen (secondary N) is 2. The van der Waals surface area contributed by atoms with Crippen LogP contribution >= 0.6 is 15.9 Å². The number of fused-ring (bicyclic) bond motifs is 2. The van der Waals surface area contributed by atoms with Gasteiger partial charge in [-0.1, -0.05) is 28.1 Å². The van der Waals surface area contributed by atoms with Crippen LogP contribution in [0.3, 0.4) is 0 Å². The van der Waals surface area contributed by atoms with E-state index in [0.717, 1.165) is 39.8 Å². The number of aromatic amines is 1. The van der Waals surface area contributed by atoms with Crippen LogP contribution < -0.4 is 10.1 Å². The van der Waals surface area contributed by atoms with Crippen LogP contribution in [0.2, 0.25) is 0 Å². The number of anilines is 1. The third-order valence-corrected chi connectivity index (χ3v) is 4.31. The molecule has 0 radical (unpaired) electrons. The molecule has 0 saturated heterocycles. The van der Waals surface area contributed by atoms with Crippen molar-refractivity contribution in [2.24, 2.45) is 0 Å². The lowest BCUT2D eigenvalue weighted by Gasteiger charge is -2.27. The van der Waals surface area contributed by atoms with Crippen molar-refractivity contribution in [3.05, 3.63) is 52.6 Å². The quantitative estimate of drug-likeness (QED) is 0.730. The topological polar surface area (TPSA) is 49.9 Å². The number of halogens is 1. The molecular formula is C16H14BrN3O. The zero-order valence-electron chi connectivity index (χ0n) is 11.3. The number of rotatable bonds is 2. The van der Waals surface area contributed by atoms with E-state index in [0.29, 0.717) is 0 Å². The van der Waals surface area contributed by atoms with E-state index in [1.165, 1.54) is 5.56 Å². The molecule has 3 aromatic rings. The molecule has 0 spiro atoms. The highest BCUT2D eigenvalue weighted by Crippen LogP contribution is 2.37. The van der Waals surface area contributed by atoms with Gasteiger partial charge in [-0.05, 0) is 24.3 Å². The van der Waals surface area contributed by atoms with E-state index in [-0.39, 0.29) is 6.04 Å². The molecule has 2 aromatic carbocycles. The van der Waals surface area contributed by atoms with Gasteiger partial charge in [-0.3, -0.25) is 5.10 Å². The molecule has 2 N–H and O–H groups in total. The number of nitrogens with zero attached hydrogens (tertiary/aromatic N) is 1.